The molecule has 1 aliphatic carbocycles. The predicted molar refractivity (Wildman–Crippen MR) is 150 cm³/mol. The number of carbonyl (C=O) groups excluding carboxylic acids is 2. The first-order valence-electron chi connectivity index (χ1n) is 14.3. The summed E-state index contributed by atoms with van der Waals surface area (Å²) < 4.78 is 54.3. The number of benzene rings is 2. The topological polar surface area (TPSA) is 96.0 Å². The van der Waals surface area contributed by atoms with Crippen LogP contribution in [0, 0.1) is 5.92 Å². The number of amides is 2. The van der Waals surface area contributed by atoms with E-state index < -0.39 is 11.7 Å². The van der Waals surface area contributed by atoms with E-state index >= 15 is 0 Å². The lowest BCUT2D eigenvalue weighted by molar-refractivity contribution is -0.138. The van der Waals surface area contributed by atoms with Gasteiger partial charge in [-0.05, 0) is 42.9 Å². The van der Waals surface area contributed by atoms with Gasteiger partial charge in [0.15, 0.2) is 5.78 Å². The molecular formula is C31H30F3N5O4. The van der Waals surface area contributed by atoms with Crippen LogP contribution in [0.1, 0.15) is 45.0 Å². The van der Waals surface area contributed by atoms with Gasteiger partial charge in [-0.3, -0.25) is 15.0 Å². The third-order valence-corrected chi connectivity index (χ3v) is 8.75. The van der Waals surface area contributed by atoms with Gasteiger partial charge in [0.05, 0.1) is 17.7 Å². The number of halogens is 3. The molecule has 2 fully saturated rings. The van der Waals surface area contributed by atoms with Gasteiger partial charge < -0.3 is 19.7 Å². The average molecular weight is 594 g/mol. The molecule has 3 aromatic rings. The maximum atomic E-state index is 14.0. The Morgan fingerprint density at radius 2 is 1.93 bits per heavy atom. The van der Waals surface area contributed by atoms with E-state index in [0.29, 0.717) is 36.2 Å². The van der Waals surface area contributed by atoms with E-state index in [1.54, 1.807) is 18.3 Å². The standard InChI is InChI=1S/C31H30F3N5O4/c1-38-8-10-39(11-9-38)16-18-3-2-17(12-23(18)31(32,33)34)24(40)14-21-27-20-13-19(4-5-25(20)43-28(21)27)42-26-6-7-35-29-22(26)15-36-30(41)37-29/h2-7,12-13,21,27-28H,8-11,14-16H2,1H3,(H2,35,36,37,41)/t21-,27-,28+/m0/s1. The van der Waals surface area contributed by atoms with Crippen LogP contribution in [-0.4, -0.2) is 65.9 Å². The van der Waals surface area contributed by atoms with Gasteiger partial charge in [0.1, 0.15) is 29.2 Å². The first-order valence-corrected chi connectivity index (χ1v) is 14.3. The summed E-state index contributed by atoms with van der Waals surface area (Å²) in [7, 11) is 2.00. The van der Waals surface area contributed by atoms with Crippen LogP contribution in [0.3, 0.4) is 0 Å². The molecule has 224 valence electrons. The van der Waals surface area contributed by atoms with Crippen LogP contribution in [0.5, 0.6) is 17.2 Å². The number of pyridine rings is 1. The fourth-order valence-electron chi connectivity index (χ4n) is 6.28. The molecule has 3 atom stereocenters. The minimum atomic E-state index is -4.55. The minimum Gasteiger partial charge on any atom is -0.489 e. The highest BCUT2D eigenvalue weighted by atomic mass is 19.4. The van der Waals surface area contributed by atoms with Crippen LogP contribution in [0.2, 0.25) is 0 Å². The number of Topliss-reactive ketones (excluding diaryl/α,β-unsaturated/α-hetero) is 1. The van der Waals surface area contributed by atoms with E-state index in [9.17, 15) is 22.8 Å². The number of fused-ring (bicyclic) bond motifs is 4. The predicted octanol–water partition coefficient (Wildman–Crippen LogP) is 5.02. The van der Waals surface area contributed by atoms with Gasteiger partial charge in [-0.25, -0.2) is 9.78 Å². The Hall–Kier alpha value is -4.16. The third kappa shape index (κ3) is 5.40. The van der Waals surface area contributed by atoms with Crippen molar-refractivity contribution in [1.29, 1.82) is 0 Å². The van der Waals surface area contributed by atoms with Crippen LogP contribution in [0.4, 0.5) is 23.8 Å². The number of nitrogens with one attached hydrogen (secondary N) is 2. The second kappa shape index (κ2) is 10.5. The van der Waals surface area contributed by atoms with E-state index in [0.717, 1.165) is 30.3 Å². The number of hydrogen-bond donors (Lipinski definition) is 2. The maximum absolute atomic E-state index is 14.0. The highest BCUT2D eigenvalue weighted by Crippen LogP contribution is 2.60. The number of hydrogen-bond acceptors (Lipinski definition) is 7. The molecule has 0 bridgehead atoms. The smallest absolute Gasteiger partial charge is 0.416 e. The highest BCUT2D eigenvalue weighted by molar-refractivity contribution is 5.97. The lowest BCUT2D eigenvalue weighted by atomic mass is 9.97. The summed E-state index contributed by atoms with van der Waals surface area (Å²) in [5, 5.41) is 5.36. The fraction of sp³-hybridized carbons (Fsp3) is 0.387. The summed E-state index contributed by atoms with van der Waals surface area (Å²) in [5.41, 5.74) is 1.15. The summed E-state index contributed by atoms with van der Waals surface area (Å²) in [6.07, 6.45) is -3.10. The van der Waals surface area contributed by atoms with E-state index in [1.165, 1.54) is 12.1 Å². The van der Waals surface area contributed by atoms with Crippen LogP contribution in [0.25, 0.3) is 0 Å². The molecule has 0 unspecified atom stereocenters. The minimum absolute atomic E-state index is 0.0339. The van der Waals surface area contributed by atoms with E-state index in [1.807, 2.05) is 24.1 Å². The number of likely N-dealkylation sites (N-methyl/N-ethyl adjacent to an activating group) is 1. The Bertz CT molecular complexity index is 1600. The number of carbonyl (C=O) groups is 2. The second-order valence-corrected chi connectivity index (χ2v) is 11.6. The molecule has 43 heavy (non-hydrogen) atoms. The molecule has 2 amide bonds. The van der Waals surface area contributed by atoms with Crippen molar-refractivity contribution in [2.24, 2.45) is 5.92 Å². The summed E-state index contributed by atoms with van der Waals surface area (Å²) in [6.45, 7) is 3.50. The summed E-state index contributed by atoms with van der Waals surface area (Å²) in [6, 6.07) is 10.9. The Balaban J connectivity index is 1.04. The SMILES string of the molecule is CN1CCN(Cc2ccc(C(=O)C[C@@H]3[C@H]4Oc5ccc(Oc6ccnc7c6CNC(=O)N7)cc5[C@@H]34)cc2C(F)(F)F)CC1. The van der Waals surface area contributed by atoms with Crippen LogP contribution in [-0.2, 0) is 19.3 Å². The number of urea groups is 1. The molecule has 9 nitrogen and oxygen atoms in total. The van der Waals surface area contributed by atoms with Gasteiger partial charge in [-0.2, -0.15) is 13.2 Å². The molecule has 7 rings (SSSR count). The summed E-state index contributed by atoms with van der Waals surface area (Å²) in [5.74, 6) is 1.78. The molecule has 2 aromatic carbocycles. The molecule has 2 N–H and O–H groups in total. The van der Waals surface area contributed by atoms with E-state index in [-0.39, 0.29) is 60.4 Å². The van der Waals surface area contributed by atoms with E-state index in [4.69, 9.17) is 9.47 Å². The van der Waals surface area contributed by atoms with Gasteiger partial charge in [0.2, 0.25) is 0 Å². The largest absolute Gasteiger partial charge is 0.489 e. The number of piperazine rings is 1. The van der Waals surface area contributed by atoms with Gasteiger partial charge >= 0.3 is 12.2 Å². The van der Waals surface area contributed by atoms with Crippen molar-refractivity contribution >= 4 is 17.6 Å². The number of ether oxygens (including phenoxy) is 2. The number of alkyl halides is 3. The lowest BCUT2D eigenvalue weighted by Crippen LogP contribution is -2.44. The van der Waals surface area contributed by atoms with Crippen molar-refractivity contribution in [3.8, 4) is 17.2 Å². The number of rotatable bonds is 7. The fourth-order valence-corrected chi connectivity index (χ4v) is 6.28. The molecule has 12 heteroatoms. The van der Waals surface area contributed by atoms with Crippen LogP contribution in [0.15, 0.2) is 48.7 Å². The quantitative estimate of drug-likeness (QED) is 0.372. The van der Waals surface area contributed by atoms with Gasteiger partial charge in [0, 0.05) is 68.3 Å². The zero-order chi connectivity index (χ0) is 29.9. The molecule has 1 aromatic heterocycles. The van der Waals surface area contributed by atoms with Gasteiger partial charge in [-0.1, -0.05) is 12.1 Å². The zero-order valence-corrected chi connectivity index (χ0v) is 23.4. The van der Waals surface area contributed by atoms with Crippen molar-refractivity contribution < 1.29 is 32.2 Å². The van der Waals surface area contributed by atoms with Gasteiger partial charge in [-0.15, -0.1) is 0 Å². The lowest BCUT2D eigenvalue weighted by Gasteiger charge is -2.33. The number of aromatic nitrogens is 1. The highest BCUT2D eigenvalue weighted by Gasteiger charge is 2.59. The normalized spacial score (nSPS) is 22.9. The summed E-state index contributed by atoms with van der Waals surface area (Å²) in [4.78, 5) is 33.2. The Morgan fingerprint density at radius 1 is 1.12 bits per heavy atom. The van der Waals surface area contributed by atoms with Crippen LogP contribution < -0.4 is 20.1 Å². The first-order chi connectivity index (χ1) is 20.6. The van der Waals surface area contributed by atoms with E-state index in [2.05, 4.69) is 20.5 Å². The second-order valence-electron chi connectivity index (χ2n) is 11.6. The van der Waals surface area contributed by atoms with Crippen molar-refractivity contribution in [3.63, 3.8) is 0 Å². The molecule has 0 spiro atoms. The van der Waals surface area contributed by atoms with Crippen molar-refractivity contribution in [2.75, 3.05) is 38.5 Å². The third-order valence-electron chi connectivity index (χ3n) is 8.75. The maximum Gasteiger partial charge on any atom is 0.416 e. The van der Waals surface area contributed by atoms with Gasteiger partial charge in [0.25, 0.3) is 0 Å². The molecule has 3 aliphatic heterocycles. The number of anilines is 1. The molecule has 1 saturated carbocycles. The monoisotopic (exact) mass is 593 g/mol. The molecule has 1 saturated heterocycles. The van der Waals surface area contributed by atoms with Crippen molar-refractivity contribution in [2.45, 2.75) is 37.7 Å². The number of nitrogens with zero attached hydrogens (tertiary/aromatic N) is 3. The Labute approximate surface area is 246 Å². The molecule has 4 heterocycles. The van der Waals surface area contributed by atoms with Crippen molar-refractivity contribution in [3.05, 3.63) is 76.5 Å². The average Bonchev–Trinajstić information content (AvgIpc) is 3.49. The number of ketones is 1. The van der Waals surface area contributed by atoms with Crippen LogP contribution >= 0.6 is 0 Å². The molecular weight excluding hydrogens is 563 g/mol. The summed E-state index contributed by atoms with van der Waals surface area (Å²) >= 11 is 0. The Kier molecular flexibility index (Phi) is 6.77. The molecule has 4 aliphatic rings. The first kappa shape index (κ1) is 27.7. The zero-order valence-electron chi connectivity index (χ0n) is 23.4. The molecule has 0 radical (unpaired) electrons. The Morgan fingerprint density at radius 3 is 2.72 bits per heavy atom. The van der Waals surface area contributed by atoms with Crippen molar-refractivity contribution in [1.82, 2.24) is 20.1 Å².